The molecule has 19 heavy (non-hydrogen) atoms. The van der Waals surface area contributed by atoms with Crippen LogP contribution in [0.1, 0.15) is 18.6 Å². The molecule has 0 aliphatic carbocycles. The molecule has 2 atom stereocenters. The summed E-state index contributed by atoms with van der Waals surface area (Å²) in [6.45, 7) is 1.59. The number of aliphatic hydroxyl groups excluding tert-OH is 2. The van der Waals surface area contributed by atoms with Gasteiger partial charge in [0.2, 0.25) is 0 Å². The van der Waals surface area contributed by atoms with Crippen LogP contribution in [-0.2, 0) is 9.53 Å². The number of carbonyl (C=O) groups excluding carboxylic acids is 1. The Morgan fingerprint density at radius 3 is 2.68 bits per heavy atom. The number of hydrogen-bond donors (Lipinski definition) is 2. The first kappa shape index (κ1) is 15.4. The Balaban J connectivity index is 3.00. The standard InChI is InChI=1S/C11H12ClNO6/c1-2-19-11(16)10(15)9(14)6-3-4-7(12)8(5-6)13(17)18/h3-5,9-10,14-15H,2H2,1H3. The molecule has 7 nitrogen and oxygen atoms in total. The van der Waals surface area contributed by atoms with E-state index >= 15 is 0 Å². The highest BCUT2D eigenvalue weighted by Crippen LogP contribution is 2.29. The fourth-order valence-corrected chi connectivity index (χ4v) is 1.58. The first-order chi connectivity index (χ1) is 8.88. The molecule has 1 aromatic carbocycles. The maximum atomic E-state index is 11.3. The summed E-state index contributed by atoms with van der Waals surface area (Å²) in [5.74, 6) is -1.01. The summed E-state index contributed by atoms with van der Waals surface area (Å²) in [6, 6.07) is 3.48. The van der Waals surface area contributed by atoms with Gasteiger partial charge in [-0.25, -0.2) is 4.79 Å². The van der Waals surface area contributed by atoms with Crippen LogP contribution in [-0.4, -0.2) is 33.8 Å². The van der Waals surface area contributed by atoms with Crippen LogP contribution >= 0.6 is 11.6 Å². The van der Waals surface area contributed by atoms with E-state index in [4.69, 9.17) is 11.6 Å². The van der Waals surface area contributed by atoms with Crippen LogP contribution in [0.5, 0.6) is 0 Å². The summed E-state index contributed by atoms with van der Waals surface area (Å²) in [4.78, 5) is 21.2. The van der Waals surface area contributed by atoms with Crippen LogP contribution in [0, 0.1) is 10.1 Å². The van der Waals surface area contributed by atoms with Crippen LogP contribution in [0.2, 0.25) is 5.02 Å². The van der Waals surface area contributed by atoms with Crippen molar-refractivity contribution in [3.8, 4) is 0 Å². The number of ether oxygens (including phenoxy) is 1. The van der Waals surface area contributed by atoms with Gasteiger partial charge in [0.25, 0.3) is 5.69 Å². The monoisotopic (exact) mass is 289 g/mol. The lowest BCUT2D eigenvalue weighted by molar-refractivity contribution is -0.384. The molecule has 0 amide bonds. The number of esters is 1. The third-order valence-electron chi connectivity index (χ3n) is 2.34. The predicted molar refractivity (Wildman–Crippen MR) is 65.7 cm³/mol. The van der Waals surface area contributed by atoms with Gasteiger partial charge in [-0.2, -0.15) is 0 Å². The SMILES string of the molecule is CCOC(=O)C(O)C(O)c1ccc(Cl)c([N+](=O)[O-])c1. The van der Waals surface area contributed by atoms with E-state index in [-0.39, 0.29) is 17.2 Å². The molecule has 0 heterocycles. The van der Waals surface area contributed by atoms with Gasteiger partial charge in [0.1, 0.15) is 11.1 Å². The number of rotatable bonds is 5. The zero-order valence-electron chi connectivity index (χ0n) is 9.95. The van der Waals surface area contributed by atoms with Crippen molar-refractivity contribution in [1.82, 2.24) is 0 Å². The van der Waals surface area contributed by atoms with Crippen molar-refractivity contribution in [3.05, 3.63) is 38.9 Å². The number of carbonyl (C=O) groups is 1. The summed E-state index contributed by atoms with van der Waals surface area (Å²) in [6.07, 6.45) is -3.45. The number of nitro groups is 1. The van der Waals surface area contributed by atoms with E-state index in [0.29, 0.717) is 0 Å². The quantitative estimate of drug-likeness (QED) is 0.479. The maximum Gasteiger partial charge on any atom is 0.338 e. The van der Waals surface area contributed by atoms with Gasteiger partial charge in [0.05, 0.1) is 11.5 Å². The second-order valence-electron chi connectivity index (χ2n) is 3.61. The Bertz CT molecular complexity index is 492. The molecule has 0 fully saturated rings. The van der Waals surface area contributed by atoms with Gasteiger partial charge in [-0.15, -0.1) is 0 Å². The molecule has 0 aromatic heterocycles. The third-order valence-corrected chi connectivity index (χ3v) is 2.66. The zero-order valence-corrected chi connectivity index (χ0v) is 10.7. The predicted octanol–water partition coefficient (Wildman–Crippen LogP) is 1.21. The maximum absolute atomic E-state index is 11.3. The topological polar surface area (TPSA) is 110 Å². The van der Waals surface area contributed by atoms with Crippen molar-refractivity contribution in [2.45, 2.75) is 19.1 Å². The molecule has 1 aromatic rings. The van der Waals surface area contributed by atoms with Crippen molar-refractivity contribution in [2.24, 2.45) is 0 Å². The number of nitro benzene ring substituents is 1. The fourth-order valence-electron chi connectivity index (χ4n) is 1.39. The first-order valence-corrected chi connectivity index (χ1v) is 5.72. The van der Waals surface area contributed by atoms with E-state index in [1.807, 2.05) is 0 Å². The smallest absolute Gasteiger partial charge is 0.338 e. The molecule has 104 valence electrons. The van der Waals surface area contributed by atoms with Crippen molar-refractivity contribution >= 4 is 23.3 Å². The highest BCUT2D eigenvalue weighted by Gasteiger charge is 2.28. The molecular formula is C11H12ClNO6. The summed E-state index contributed by atoms with van der Waals surface area (Å²) < 4.78 is 4.54. The van der Waals surface area contributed by atoms with Crippen LogP contribution in [0.25, 0.3) is 0 Å². The number of nitrogens with zero attached hydrogens (tertiary/aromatic N) is 1. The molecular weight excluding hydrogens is 278 g/mol. The van der Waals surface area contributed by atoms with Crippen LogP contribution in [0.3, 0.4) is 0 Å². The molecule has 0 saturated carbocycles. The molecule has 0 aliphatic heterocycles. The average Bonchev–Trinajstić information content (AvgIpc) is 2.37. The largest absolute Gasteiger partial charge is 0.464 e. The molecule has 1 rings (SSSR count). The second kappa shape index (κ2) is 6.46. The lowest BCUT2D eigenvalue weighted by Gasteiger charge is -2.16. The average molecular weight is 290 g/mol. The minimum absolute atomic E-state index is 0.00310. The molecule has 2 N–H and O–H groups in total. The van der Waals surface area contributed by atoms with E-state index in [2.05, 4.69) is 4.74 Å². The summed E-state index contributed by atoms with van der Waals surface area (Å²) >= 11 is 5.61. The van der Waals surface area contributed by atoms with Crippen molar-refractivity contribution in [3.63, 3.8) is 0 Å². The van der Waals surface area contributed by atoms with Gasteiger partial charge in [-0.1, -0.05) is 17.7 Å². The van der Waals surface area contributed by atoms with Crippen molar-refractivity contribution in [2.75, 3.05) is 6.61 Å². The van der Waals surface area contributed by atoms with E-state index in [9.17, 15) is 25.1 Å². The van der Waals surface area contributed by atoms with Crippen molar-refractivity contribution < 1.29 is 24.7 Å². The minimum atomic E-state index is -1.82. The van der Waals surface area contributed by atoms with Crippen molar-refractivity contribution in [1.29, 1.82) is 0 Å². The molecule has 2 unspecified atom stereocenters. The molecule has 0 aliphatic rings. The first-order valence-electron chi connectivity index (χ1n) is 5.35. The molecule has 0 radical (unpaired) electrons. The fraction of sp³-hybridized carbons (Fsp3) is 0.364. The number of benzene rings is 1. The van der Waals surface area contributed by atoms with Gasteiger partial charge >= 0.3 is 5.97 Å². The molecule has 8 heteroatoms. The Labute approximate surface area is 113 Å². The van der Waals surface area contributed by atoms with Gasteiger partial charge in [-0.05, 0) is 18.6 Å². The molecule has 0 spiro atoms. The number of hydrogen-bond acceptors (Lipinski definition) is 6. The van der Waals surface area contributed by atoms with Gasteiger partial charge < -0.3 is 14.9 Å². The van der Waals surface area contributed by atoms with Gasteiger partial charge in [0, 0.05) is 6.07 Å². The Kier molecular flexibility index (Phi) is 5.22. The van der Waals surface area contributed by atoms with E-state index in [1.54, 1.807) is 6.92 Å². The van der Waals surface area contributed by atoms with Crippen LogP contribution < -0.4 is 0 Å². The molecule has 0 bridgehead atoms. The normalized spacial score (nSPS) is 13.7. The molecule has 0 saturated heterocycles. The third kappa shape index (κ3) is 3.63. The Morgan fingerprint density at radius 1 is 1.53 bits per heavy atom. The Morgan fingerprint density at radius 2 is 2.16 bits per heavy atom. The van der Waals surface area contributed by atoms with Crippen LogP contribution in [0.15, 0.2) is 18.2 Å². The highest BCUT2D eigenvalue weighted by molar-refractivity contribution is 6.32. The van der Waals surface area contributed by atoms with E-state index < -0.39 is 28.8 Å². The van der Waals surface area contributed by atoms with Crippen LogP contribution in [0.4, 0.5) is 5.69 Å². The lowest BCUT2D eigenvalue weighted by Crippen LogP contribution is -2.29. The summed E-state index contributed by atoms with van der Waals surface area (Å²) in [7, 11) is 0. The summed E-state index contributed by atoms with van der Waals surface area (Å²) in [5.41, 5.74) is -0.425. The summed E-state index contributed by atoms with van der Waals surface area (Å²) in [5, 5.41) is 29.9. The van der Waals surface area contributed by atoms with E-state index in [1.165, 1.54) is 12.1 Å². The van der Waals surface area contributed by atoms with Gasteiger partial charge in [0.15, 0.2) is 6.10 Å². The second-order valence-corrected chi connectivity index (χ2v) is 4.02. The van der Waals surface area contributed by atoms with E-state index in [0.717, 1.165) is 6.07 Å². The highest BCUT2D eigenvalue weighted by atomic mass is 35.5. The lowest BCUT2D eigenvalue weighted by atomic mass is 10.0. The number of halogens is 1. The van der Waals surface area contributed by atoms with Gasteiger partial charge in [-0.3, -0.25) is 10.1 Å². The minimum Gasteiger partial charge on any atom is -0.464 e. The Hall–Kier alpha value is -1.70. The zero-order chi connectivity index (χ0) is 14.6. The number of aliphatic hydroxyl groups is 2.